The van der Waals surface area contributed by atoms with Gasteiger partial charge in [-0.15, -0.1) is 0 Å². The standard InChI is InChI=1S/C9H17N2O/c1-7(2)10-9(12)11-5-4-8(3)6-11/h7-8H,3-6H2,1-2H3,(H,10,12). The Balaban J connectivity index is 2.33. The first-order valence-electron chi connectivity index (χ1n) is 4.48. The molecule has 0 bridgehead atoms. The average molecular weight is 169 g/mol. The molecule has 12 heavy (non-hydrogen) atoms. The molecule has 1 aliphatic rings. The molecule has 1 atom stereocenters. The number of hydrogen-bond acceptors (Lipinski definition) is 1. The third kappa shape index (κ3) is 2.40. The Hall–Kier alpha value is -0.730. The zero-order valence-corrected chi connectivity index (χ0v) is 7.84. The number of likely N-dealkylation sites (tertiary alicyclic amines) is 1. The maximum absolute atomic E-state index is 11.4. The summed E-state index contributed by atoms with van der Waals surface area (Å²) in [6.07, 6.45) is 1.03. The second kappa shape index (κ2) is 3.78. The summed E-state index contributed by atoms with van der Waals surface area (Å²) >= 11 is 0. The molecular formula is C9H17N2O. The Morgan fingerprint density at radius 1 is 1.67 bits per heavy atom. The van der Waals surface area contributed by atoms with Crippen molar-refractivity contribution in [2.45, 2.75) is 26.3 Å². The van der Waals surface area contributed by atoms with Crippen LogP contribution in [-0.4, -0.2) is 30.1 Å². The van der Waals surface area contributed by atoms with Gasteiger partial charge in [0.25, 0.3) is 0 Å². The highest BCUT2D eigenvalue weighted by atomic mass is 16.2. The number of urea groups is 1. The van der Waals surface area contributed by atoms with Gasteiger partial charge < -0.3 is 10.2 Å². The number of carbonyl (C=O) groups is 1. The lowest BCUT2D eigenvalue weighted by Gasteiger charge is -2.18. The van der Waals surface area contributed by atoms with E-state index < -0.39 is 0 Å². The van der Waals surface area contributed by atoms with Gasteiger partial charge in [0.2, 0.25) is 0 Å². The highest BCUT2D eigenvalue weighted by molar-refractivity contribution is 5.74. The molecule has 1 saturated heterocycles. The molecule has 69 valence electrons. The molecule has 1 unspecified atom stereocenters. The molecular weight excluding hydrogens is 152 g/mol. The van der Waals surface area contributed by atoms with Gasteiger partial charge in [-0.25, -0.2) is 4.79 Å². The van der Waals surface area contributed by atoms with Crippen molar-refractivity contribution in [1.82, 2.24) is 10.2 Å². The summed E-state index contributed by atoms with van der Waals surface area (Å²) in [5.41, 5.74) is 0. The van der Waals surface area contributed by atoms with Gasteiger partial charge in [0.15, 0.2) is 0 Å². The SMILES string of the molecule is [CH2]C1CCN(C(=O)NC(C)C)C1. The number of nitrogens with one attached hydrogen (secondary N) is 1. The number of rotatable bonds is 1. The normalized spacial score (nSPS) is 23.3. The highest BCUT2D eigenvalue weighted by Crippen LogP contribution is 2.14. The Morgan fingerprint density at radius 3 is 2.75 bits per heavy atom. The van der Waals surface area contributed by atoms with E-state index in [4.69, 9.17) is 0 Å². The molecule has 1 rings (SSSR count). The summed E-state index contributed by atoms with van der Waals surface area (Å²) in [7, 11) is 0. The molecule has 0 aromatic heterocycles. The molecule has 3 nitrogen and oxygen atoms in total. The second-order valence-electron chi connectivity index (χ2n) is 3.70. The molecule has 0 aliphatic carbocycles. The zero-order valence-electron chi connectivity index (χ0n) is 7.84. The predicted molar refractivity (Wildman–Crippen MR) is 48.7 cm³/mol. The van der Waals surface area contributed by atoms with Crippen molar-refractivity contribution in [3.8, 4) is 0 Å². The molecule has 1 aliphatic heterocycles. The first kappa shape index (κ1) is 9.36. The number of carbonyl (C=O) groups excluding carboxylic acids is 1. The molecule has 1 heterocycles. The summed E-state index contributed by atoms with van der Waals surface area (Å²) in [6, 6.07) is 0.275. The van der Waals surface area contributed by atoms with E-state index in [1.807, 2.05) is 18.7 Å². The van der Waals surface area contributed by atoms with E-state index in [1.54, 1.807) is 0 Å². The molecule has 0 aromatic rings. The smallest absolute Gasteiger partial charge is 0.317 e. The Morgan fingerprint density at radius 2 is 2.33 bits per heavy atom. The van der Waals surface area contributed by atoms with Crippen LogP contribution in [0.25, 0.3) is 0 Å². The van der Waals surface area contributed by atoms with Crippen LogP contribution in [0.15, 0.2) is 0 Å². The summed E-state index contributed by atoms with van der Waals surface area (Å²) in [5, 5.41) is 2.86. The summed E-state index contributed by atoms with van der Waals surface area (Å²) in [5.74, 6) is 0.419. The van der Waals surface area contributed by atoms with E-state index >= 15 is 0 Å². The molecule has 0 spiro atoms. The molecule has 1 N–H and O–H groups in total. The summed E-state index contributed by atoms with van der Waals surface area (Å²) < 4.78 is 0. The first-order chi connectivity index (χ1) is 5.59. The van der Waals surface area contributed by atoms with Crippen molar-refractivity contribution in [2.24, 2.45) is 5.92 Å². The largest absolute Gasteiger partial charge is 0.336 e. The lowest BCUT2D eigenvalue weighted by atomic mass is 10.2. The lowest BCUT2D eigenvalue weighted by molar-refractivity contribution is 0.205. The Kier molecular flexibility index (Phi) is 2.95. The van der Waals surface area contributed by atoms with E-state index in [1.165, 1.54) is 0 Å². The van der Waals surface area contributed by atoms with Gasteiger partial charge in [-0.1, -0.05) is 0 Å². The van der Waals surface area contributed by atoms with Crippen molar-refractivity contribution in [3.05, 3.63) is 6.92 Å². The molecule has 0 saturated carbocycles. The van der Waals surface area contributed by atoms with Crippen LogP contribution >= 0.6 is 0 Å². The monoisotopic (exact) mass is 169 g/mol. The van der Waals surface area contributed by atoms with Gasteiger partial charge in [0.05, 0.1) is 0 Å². The van der Waals surface area contributed by atoms with E-state index in [9.17, 15) is 4.79 Å². The van der Waals surface area contributed by atoms with Crippen LogP contribution in [0.4, 0.5) is 4.79 Å². The number of amides is 2. The van der Waals surface area contributed by atoms with Crippen molar-refractivity contribution >= 4 is 6.03 Å². The molecule has 3 heteroatoms. The van der Waals surface area contributed by atoms with Gasteiger partial charge in [-0.05, 0) is 33.1 Å². The van der Waals surface area contributed by atoms with Crippen LogP contribution in [0.2, 0.25) is 0 Å². The Bertz CT molecular complexity index is 168. The zero-order chi connectivity index (χ0) is 9.14. The van der Waals surface area contributed by atoms with E-state index in [0.29, 0.717) is 5.92 Å². The summed E-state index contributed by atoms with van der Waals surface area (Å²) in [6.45, 7) is 9.52. The fraction of sp³-hybridized carbons (Fsp3) is 0.778. The first-order valence-corrected chi connectivity index (χ1v) is 4.48. The minimum absolute atomic E-state index is 0.0520. The quantitative estimate of drug-likeness (QED) is 0.629. The van der Waals surface area contributed by atoms with Gasteiger partial charge >= 0.3 is 6.03 Å². The molecule has 0 aromatic carbocycles. The number of nitrogens with zero attached hydrogens (tertiary/aromatic N) is 1. The van der Waals surface area contributed by atoms with Crippen LogP contribution in [0.5, 0.6) is 0 Å². The average Bonchev–Trinajstić information content (AvgIpc) is 2.34. The minimum Gasteiger partial charge on any atom is -0.336 e. The van der Waals surface area contributed by atoms with E-state index in [0.717, 1.165) is 19.5 Å². The van der Waals surface area contributed by atoms with Gasteiger partial charge in [-0.2, -0.15) is 0 Å². The highest BCUT2D eigenvalue weighted by Gasteiger charge is 2.23. The van der Waals surface area contributed by atoms with Crippen LogP contribution in [0.1, 0.15) is 20.3 Å². The van der Waals surface area contributed by atoms with Gasteiger partial charge in [-0.3, -0.25) is 0 Å². The fourth-order valence-electron chi connectivity index (χ4n) is 1.36. The third-order valence-corrected chi connectivity index (χ3v) is 1.99. The van der Waals surface area contributed by atoms with Crippen molar-refractivity contribution in [1.29, 1.82) is 0 Å². The predicted octanol–water partition coefficient (Wildman–Crippen LogP) is 1.26. The van der Waals surface area contributed by atoms with Crippen LogP contribution < -0.4 is 5.32 Å². The maximum Gasteiger partial charge on any atom is 0.317 e. The fourth-order valence-corrected chi connectivity index (χ4v) is 1.36. The van der Waals surface area contributed by atoms with Gasteiger partial charge in [0, 0.05) is 19.1 Å². The molecule has 2 amide bonds. The van der Waals surface area contributed by atoms with Crippen molar-refractivity contribution in [2.75, 3.05) is 13.1 Å². The summed E-state index contributed by atoms with van der Waals surface area (Å²) in [4.78, 5) is 13.2. The minimum atomic E-state index is 0.0520. The van der Waals surface area contributed by atoms with Crippen LogP contribution in [-0.2, 0) is 0 Å². The second-order valence-corrected chi connectivity index (χ2v) is 3.70. The van der Waals surface area contributed by atoms with Crippen LogP contribution in [0.3, 0.4) is 0 Å². The maximum atomic E-state index is 11.4. The molecule has 1 fully saturated rings. The van der Waals surface area contributed by atoms with Gasteiger partial charge in [0.1, 0.15) is 0 Å². The van der Waals surface area contributed by atoms with E-state index in [2.05, 4.69) is 12.2 Å². The van der Waals surface area contributed by atoms with Crippen LogP contribution in [0, 0.1) is 12.8 Å². The van der Waals surface area contributed by atoms with E-state index in [-0.39, 0.29) is 12.1 Å². The lowest BCUT2D eigenvalue weighted by Crippen LogP contribution is -2.41. The topological polar surface area (TPSA) is 32.3 Å². The van der Waals surface area contributed by atoms with Crippen molar-refractivity contribution in [3.63, 3.8) is 0 Å². The third-order valence-electron chi connectivity index (χ3n) is 1.99. The van der Waals surface area contributed by atoms with Crippen molar-refractivity contribution < 1.29 is 4.79 Å². The Labute approximate surface area is 74.1 Å². The molecule has 1 radical (unpaired) electrons. The number of hydrogen-bond donors (Lipinski definition) is 1.